The van der Waals surface area contributed by atoms with Gasteiger partial charge in [0, 0.05) is 37.0 Å². The van der Waals surface area contributed by atoms with Crippen molar-refractivity contribution in [1.82, 2.24) is 9.97 Å². The molecule has 2 unspecified atom stereocenters. The quantitative estimate of drug-likeness (QED) is 0.246. The van der Waals surface area contributed by atoms with Gasteiger partial charge in [0.05, 0.1) is 5.69 Å². The molecule has 42 heavy (non-hydrogen) atoms. The molecule has 3 aromatic carbocycles. The van der Waals surface area contributed by atoms with Gasteiger partial charge in [0.15, 0.2) is 5.82 Å². The molecule has 2 atom stereocenters. The highest BCUT2D eigenvalue weighted by atomic mass is 16.6. The predicted molar refractivity (Wildman–Crippen MR) is 166 cm³/mol. The van der Waals surface area contributed by atoms with E-state index in [0.29, 0.717) is 30.3 Å². The van der Waals surface area contributed by atoms with Gasteiger partial charge in [-0.25, -0.2) is 14.8 Å². The molecular weight excluding hydrogens is 526 g/mol. The molecule has 5 rings (SSSR count). The summed E-state index contributed by atoms with van der Waals surface area (Å²) in [6.45, 7) is 8.79. The highest BCUT2D eigenvalue weighted by Crippen LogP contribution is 2.43. The van der Waals surface area contributed by atoms with Crippen LogP contribution in [0.25, 0.3) is 0 Å². The van der Waals surface area contributed by atoms with Gasteiger partial charge in [-0.15, -0.1) is 0 Å². The maximum Gasteiger partial charge on any atom is 0.412 e. The molecule has 1 aliphatic heterocycles. The number of nitrogens with zero attached hydrogens (tertiary/aromatic N) is 3. The minimum absolute atomic E-state index is 0.104. The molecule has 4 aromatic rings. The van der Waals surface area contributed by atoms with Crippen LogP contribution in [0.15, 0.2) is 91.3 Å². The second-order valence-electron chi connectivity index (χ2n) is 11.7. The molecular formula is C34H37N5O3. The molecule has 2 amide bonds. The lowest BCUT2D eigenvalue weighted by atomic mass is 9.83. The number of rotatable bonds is 7. The predicted octanol–water partition coefficient (Wildman–Crippen LogP) is 7.26. The number of ether oxygens (including phenoxy) is 1. The number of hydrogen-bond donors (Lipinski definition) is 2. The largest absolute Gasteiger partial charge is 0.444 e. The second-order valence-corrected chi connectivity index (χ2v) is 11.7. The minimum Gasteiger partial charge on any atom is -0.444 e. The Bertz CT molecular complexity index is 1490. The third-order valence-electron chi connectivity index (χ3n) is 7.25. The van der Waals surface area contributed by atoms with Crippen LogP contribution in [0, 0.1) is 0 Å². The van der Waals surface area contributed by atoms with E-state index in [1.807, 2.05) is 81.4 Å². The Morgan fingerprint density at radius 1 is 0.952 bits per heavy atom. The Morgan fingerprint density at radius 3 is 2.21 bits per heavy atom. The number of aromatic nitrogens is 2. The van der Waals surface area contributed by atoms with Crippen LogP contribution >= 0.6 is 0 Å². The molecule has 2 heterocycles. The van der Waals surface area contributed by atoms with Gasteiger partial charge in [-0.2, -0.15) is 0 Å². The zero-order valence-corrected chi connectivity index (χ0v) is 24.5. The summed E-state index contributed by atoms with van der Waals surface area (Å²) < 4.78 is 5.42. The van der Waals surface area contributed by atoms with Gasteiger partial charge in [0.1, 0.15) is 17.6 Å². The molecule has 0 radical (unpaired) electrons. The Hall–Kier alpha value is -4.72. The molecule has 8 heteroatoms. The summed E-state index contributed by atoms with van der Waals surface area (Å²) in [5.41, 5.74) is 4.65. The van der Waals surface area contributed by atoms with Crippen LogP contribution in [-0.2, 0) is 22.6 Å². The van der Waals surface area contributed by atoms with Gasteiger partial charge in [0.2, 0.25) is 5.91 Å². The van der Waals surface area contributed by atoms with E-state index in [1.54, 1.807) is 6.33 Å². The van der Waals surface area contributed by atoms with Crippen molar-refractivity contribution in [2.75, 3.05) is 15.5 Å². The van der Waals surface area contributed by atoms with Gasteiger partial charge in [0.25, 0.3) is 0 Å². The van der Waals surface area contributed by atoms with Crippen LogP contribution in [0.2, 0.25) is 0 Å². The van der Waals surface area contributed by atoms with E-state index in [2.05, 4.69) is 46.7 Å². The van der Waals surface area contributed by atoms with Crippen LogP contribution in [0.4, 0.5) is 22.0 Å². The van der Waals surface area contributed by atoms with Crippen molar-refractivity contribution in [2.24, 2.45) is 0 Å². The van der Waals surface area contributed by atoms with E-state index < -0.39 is 11.7 Å². The van der Waals surface area contributed by atoms with Crippen molar-refractivity contribution in [1.29, 1.82) is 0 Å². The molecule has 0 aliphatic carbocycles. The van der Waals surface area contributed by atoms with Crippen molar-refractivity contribution in [2.45, 2.75) is 64.6 Å². The lowest BCUT2D eigenvalue weighted by molar-refractivity contribution is -0.116. The molecule has 2 N–H and O–H groups in total. The summed E-state index contributed by atoms with van der Waals surface area (Å²) in [5.74, 6) is 0.319. The van der Waals surface area contributed by atoms with Crippen LogP contribution in [0.1, 0.15) is 68.3 Å². The van der Waals surface area contributed by atoms with Crippen molar-refractivity contribution in [3.05, 3.63) is 114 Å². The number of carbonyl (C=O) groups excluding carboxylic acids is 2. The first-order chi connectivity index (χ1) is 20.2. The molecule has 0 bridgehead atoms. The van der Waals surface area contributed by atoms with Gasteiger partial charge in [-0.3, -0.25) is 10.1 Å². The topological polar surface area (TPSA) is 96.5 Å². The molecule has 8 nitrogen and oxygen atoms in total. The summed E-state index contributed by atoms with van der Waals surface area (Å²) in [6.07, 6.45) is 1.33. The number of nitrogens with one attached hydrogen (secondary N) is 2. The van der Waals surface area contributed by atoms with Gasteiger partial charge in [-0.1, -0.05) is 79.7 Å². The fourth-order valence-electron chi connectivity index (χ4n) is 5.34. The second kappa shape index (κ2) is 12.4. The van der Waals surface area contributed by atoms with Crippen LogP contribution in [0.3, 0.4) is 0 Å². The summed E-state index contributed by atoms with van der Waals surface area (Å²) in [5, 5.41) is 5.97. The number of benzene rings is 3. The molecule has 1 aromatic heterocycles. The van der Waals surface area contributed by atoms with E-state index in [1.165, 1.54) is 0 Å². The lowest BCUT2D eigenvalue weighted by Crippen LogP contribution is -2.27. The highest BCUT2D eigenvalue weighted by Gasteiger charge is 2.33. The standard InChI is InChI=1S/C34H37N5O3/c1-23-28(26-16-11-17-27(18-26)37-33(41)42-34(2,3)4)19-29(40)38-31-30(23)35-22-36-32(31)39(20-24-12-7-5-8-13-24)21-25-14-9-6-10-15-25/h5-18,22-23,28H,19-21H2,1-4H3,(H,37,41)(H,38,40). The molecule has 216 valence electrons. The normalized spacial score (nSPS) is 16.5. The number of fused-ring (bicyclic) bond motifs is 1. The van der Waals surface area contributed by atoms with Crippen molar-refractivity contribution in [3.63, 3.8) is 0 Å². The maximum absolute atomic E-state index is 13.4. The summed E-state index contributed by atoms with van der Waals surface area (Å²) in [4.78, 5) is 37.4. The van der Waals surface area contributed by atoms with E-state index in [9.17, 15) is 9.59 Å². The van der Waals surface area contributed by atoms with E-state index in [-0.39, 0.29) is 24.2 Å². The highest BCUT2D eigenvalue weighted by molar-refractivity contribution is 5.96. The summed E-state index contributed by atoms with van der Waals surface area (Å²) in [7, 11) is 0. The van der Waals surface area contributed by atoms with Crippen LogP contribution in [0.5, 0.6) is 0 Å². The third kappa shape index (κ3) is 7.13. The van der Waals surface area contributed by atoms with Crippen molar-refractivity contribution in [3.8, 4) is 0 Å². The fourth-order valence-corrected chi connectivity index (χ4v) is 5.34. The number of carbonyl (C=O) groups is 2. The average molecular weight is 564 g/mol. The van der Waals surface area contributed by atoms with Crippen molar-refractivity contribution >= 4 is 29.2 Å². The SMILES string of the molecule is CC1c2ncnc(N(Cc3ccccc3)Cc3ccccc3)c2NC(=O)CC1c1cccc(NC(=O)OC(C)(C)C)c1. The first kappa shape index (κ1) is 28.8. The van der Waals surface area contributed by atoms with Crippen LogP contribution < -0.4 is 15.5 Å². The minimum atomic E-state index is -0.606. The Kier molecular flexibility index (Phi) is 8.52. The summed E-state index contributed by atoms with van der Waals surface area (Å²) in [6, 6.07) is 28.0. The Balaban J connectivity index is 1.48. The number of anilines is 3. The average Bonchev–Trinajstić information content (AvgIpc) is 3.08. The summed E-state index contributed by atoms with van der Waals surface area (Å²) >= 11 is 0. The van der Waals surface area contributed by atoms with Crippen LogP contribution in [-0.4, -0.2) is 27.6 Å². The van der Waals surface area contributed by atoms with E-state index >= 15 is 0 Å². The van der Waals surface area contributed by atoms with Crippen molar-refractivity contribution < 1.29 is 14.3 Å². The lowest BCUT2D eigenvalue weighted by Gasteiger charge is -2.28. The fraction of sp³-hybridized carbons (Fsp3) is 0.294. The number of hydrogen-bond acceptors (Lipinski definition) is 6. The zero-order valence-electron chi connectivity index (χ0n) is 24.5. The maximum atomic E-state index is 13.4. The number of amides is 2. The smallest absolute Gasteiger partial charge is 0.412 e. The molecule has 1 aliphatic rings. The molecule has 0 spiro atoms. The molecule has 0 saturated heterocycles. The van der Waals surface area contributed by atoms with Gasteiger partial charge in [-0.05, 0) is 49.6 Å². The Morgan fingerprint density at radius 2 is 1.60 bits per heavy atom. The Labute approximate surface area is 247 Å². The molecule has 0 saturated carbocycles. The molecule has 0 fully saturated rings. The monoisotopic (exact) mass is 563 g/mol. The first-order valence-electron chi connectivity index (χ1n) is 14.2. The van der Waals surface area contributed by atoms with E-state index in [0.717, 1.165) is 22.4 Å². The van der Waals surface area contributed by atoms with Gasteiger partial charge < -0.3 is 15.0 Å². The first-order valence-corrected chi connectivity index (χ1v) is 14.2. The zero-order chi connectivity index (χ0) is 29.7. The van der Waals surface area contributed by atoms with Gasteiger partial charge >= 0.3 is 6.09 Å². The third-order valence-corrected chi connectivity index (χ3v) is 7.25. The van der Waals surface area contributed by atoms with E-state index in [4.69, 9.17) is 14.7 Å².